The smallest absolute Gasteiger partial charge is 0.111 e. The third-order valence-corrected chi connectivity index (χ3v) is 3.19. The molecule has 1 aromatic carbocycles. The lowest BCUT2D eigenvalue weighted by atomic mass is 10.3. The number of rotatable bonds is 4. The van der Waals surface area contributed by atoms with Gasteiger partial charge in [-0.3, -0.25) is 4.68 Å². The Hall–Kier alpha value is -2.14. The fourth-order valence-corrected chi connectivity index (χ4v) is 2.33. The van der Waals surface area contributed by atoms with E-state index in [1.165, 1.54) is 0 Å². The fraction of sp³-hybridized carbons (Fsp3) is 0.286. The standard InChI is InChI=1S/C14H17N5/c1-18-9-7-11(17-18)10-19-13-5-3-2-4-12(13)16-14(19)6-8-15/h2-5,7,9H,6,8,10,15H2,1H3. The molecule has 2 heterocycles. The molecule has 5 heteroatoms. The van der Waals surface area contributed by atoms with Crippen molar-refractivity contribution in [3.63, 3.8) is 0 Å². The Morgan fingerprint density at radius 1 is 1.21 bits per heavy atom. The molecule has 0 fully saturated rings. The molecule has 0 aliphatic heterocycles. The second-order valence-electron chi connectivity index (χ2n) is 4.62. The Kier molecular flexibility index (Phi) is 3.05. The molecule has 0 aliphatic rings. The first kappa shape index (κ1) is 11.9. The van der Waals surface area contributed by atoms with Crippen LogP contribution in [0.4, 0.5) is 0 Å². The molecule has 3 aromatic rings. The van der Waals surface area contributed by atoms with Crippen LogP contribution in [0, 0.1) is 0 Å². The van der Waals surface area contributed by atoms with Crippen LogP contribution in [0.3, 0.4) is 0 Å². The van der Waals surface area contributed by atoms with Crippen LogP contribution >= 0.6 is 0 Å². The van der Waals surface area contributed by atoms with E-state index in [9.17, 15) is 0 Å². The summed E-state index contributed by atoms with van der Waals surface area (Å²) in [5.41, 5.74) is 8.86. The van der Waals surface area contributed by atoms with E-state index in [4.69, 9.17) is 5.73 Å². The Morgan fingerprint density at radius 3 is 2.79 bits per heavy atom. The molecule has 0 unspecified atom stereocenters. The number of nitrogens with zero attached hydrogens (tertiary/aromatic N) is 4. The first-order valence-electron chi connectivity index (χ1n) is 6.40. The van der Waals surface area contributed by atoms with Crippen LogP contribution in [0.2, 0.25) is 0 Å². The highest BCUT2D eigenvalue weighted by atomic mass is 15.3. The van der Waals surface area contributed by atoms with Gasteiger partial charge in [-0.05, 0) is 24.7 Å². The molecule has 3 rings (SSSR count). The number of aryl methyl sites for hydroxylation is 1. The Morgan fingerprint density at radius 2 is 2.05 bits per heavy atom. The number of hydrogen-bond donors (Lipinski definition) is 1. The molecule has 0 amide bonds. The van der Waals surface area contributed by atoms with Gasteiger partial charge in [0.05, 0.1) is 23.3 Å². The van der Waals surface area contributed by atoms with Crippen LogP contribution in [0.1, 0.15) is 11.5 Å². The maximum atomic E-state index is 5.68. The molecule has 98 valence electrons. The lowest BCUT2D eigenvalue weighted by Gasteiger charge is -2.06. The SMILES string of the molecule is Cn1ccc(Cn2c(CCN)nc3ccccc32)n1. The van der Waals surface area contributed by atoms with E-state index in [-0.39, 0.29) is 0 Å². The molecule has 0 atom stereocenters. The zero-order valence-electron chi connectivity index (χ0n) is 11.0. The van der Waals surface area contributed by atoms with Crippen molar-refractivity contribution >= 4 is 11.0 Å². The van der Waals surface area contributed by atoms with Crippen LogP contribution in [0.25, 0.3) is 11.0 Å². The van der Waals surface area contributed by atoms with Crippen molar-refractivity contribution < 1.29 is 0 Å². The topological polar surface area (TPSA) is 61.7 Å². The van der Waals surface area contributed by atoms with Gasteiger partial charge in [-0.25, -0.2) is 4.98 Å². The predicted molar refractivity (Wildman–Crippen MR) is 74.8 cm³/mol. The number of benzene rings is 1. The largest absolute Gasteiger partial charge is 0.330 e. The molecule has 0 saturated heterocycles. The number of fused-ring (bicyclic) bond motifs is 1. The van der Waals surface area contributed by atoms with E-state index < -0.39 is 0 Å². The zero-order valence-corrected chi connectivity index (χ0v) is 11.0. The average molecular weight is 255 g/mol. The van der Waals surface area contributed by atoms with E-state index >= 15 is 0 Å². The van der Waals surface area contributed by atoms with Gasteiger partial charge in [-0.2, -0.15) is 5.10 Å². The van der Waals surface area contributed by atoms with E-state index in [1.807, 2.05) is 42.2 Å². The van der Waals surface area contributed by atoms with Crippen LogP contribution < -0.4 is 5.73 Å². The minimum absolute atomic E-state index is 0.603. The van der Waals surface area contributed by atoms with Gasteiger partial charge in [-0.1, -0.05) is 12.1 Å². The molecule has 2 N–H and O–H groups in total. The Bertz CT molecular complexity index is 695. The molecule has 0 saturated carbocycles. The Labute approximate surface area is 111 Å². The van der Waals surface area contributed by atoms with E-state index in [0.29, 0.717) is 6.54 Å². The first-order valence-corrected chi connectivity index (χ1v) is 6.40. The van der Waals surface area contributed by atoms with Crippen LogP contribution in [0.5, 0.6) is 0 Å². The molecule has 5 nitrogen and oxygen atoms in total. The molecular formula is C14H17N5. The van der Waals surface area contributed by atoms with Crippen molar-refractivity contribution in [3.05, 3.63) is 48.0 Å². The minimum Gasteiger partial charge on any atom is -0.330 e. The molecule has 0 radical (unpaired) electrons. The number of aromatic nitrogens is 4. The normalized spacial score (nSPS) is 11.3. The predicted octanol–water partition coefficient (Wildman–Crippen LogP) is 1.32. The monoisotopic (exact) mass is 255 g/mol. The van der Waals surface area contributed by atoms with Crippen molar-refractivity contribution in [1.82, 2.24) is 19.3 Å². The highest BCUT2D eigenvalue weighted by Crippen LogP contribution is 2.17. The van der Waals surface area contributed by atoms with Crippen LogP contribution in [0.15, 0.2) is 36.5 Å². The average Bonchev–Trinajstić information content (AvgIpc) is 2.96. The van der Waals surface area contributed by atoms with E-state index in [2.05, 4.69) is 20.7 Å². The summed E-state index contributed by atoms with van der Waals surface area (Å²) in [4.78, 5) is 4.65. The first-order chi connectivity index (χ1) is 9.28. The summed E-state index contributed by atoms with van der Waals surface area (Å²) >= 11 is 0. The van der Waals surface area contributed by atoms with Crippen molar-refractivity contribution in [2.24, 2.45) is 12.8 Å². The summed E-state index contributed by atoms with van der Waals surface area (Å²) in [7, 11) is 1.93. The van der Waals surface area contributed by atoms with Gasteiger partial charge in [0.1, 0.15) is 5.82 Å². The van der Waals surface area contributed by atoms with Gasteiger partial charge in [0.2, 0.25) is 0 Å². The van der Waals surface area contributed by atoms with Gasteiger partial charge in [0, 0.05) is 19.7 Å². The summed E-state index contributed by atoms with van der Waals surface area (Å²) in [6.07, 6.45) is 2.73. The van der Waals surface area contributed by atoms with Gasteiger partial charge < -0.3 is 10.3 Å². The van der Waals surface area contributed by atoms with Crippen molar-refractivity contribution in [1.29, 1.82) is 0 Å². The Balaban J connectivity index is 2.06. The number of imidazole rings is 1. The highest BCUT2D eigenvalue weighted by molar-refractivity contribution is 5.76. The molecule has 2 aromatic heterocycles. The summed E-state index contributed by atoms with van der Waals surface area (Å²) in [5.74, 6) is 1.02. The maximum Gasteiger partial charge on any atom is 0.111 e. The highest BCUT2D eigenvalue weighted by Gasteiger charge is 2.11. The summed E-state index contributed by atoms with van der Waals surface area (Å²) < 4.78 is 4.02. The third-order valence-electron chi connectivity index (χ3n) is 3.19. The second kappa shape index (κ2) is 4.85. The molecule has 0 bridgehead atoms. The van der Waals surface area contributed by atoms with Crippen LogP contribution in [-0.4, -0.2) is 25.9 Å². The third kappa shape index (κ3) is 2.24. The lowest BCUT2D eigenvalue weighted by molar-refractivity contribution is 0.687. The maximum absolute atomic E-state index is 5.68. The van der Waals surface area contributed by atoms with E-state index in [0.717, 1.165) is 35.5 Å². The van der Waals surface area contributed by atoms with Crippen LogP contribution in [-0.2, 0) is 20.0 Å². The van der Waals surface area contributed by atoms with Crippen molar-refractivity contribution in [2.45, 2.75) is 13.0 Å². The molecular weight excluding hydrogens is 238 g/mol. The molecule has 0 aliphatic carbocycles. The van der Waals surface area contributed by atoms with Gasteiger partial charge in [0.25, 0.3) is 0 Å². The van der Waals surface area contributed by atoms with Crippen molar-refractivity contribution in [3.8, 4) is 0 Å². The summed E-state index contributed by atoms with van der Waals surface area (Å²) in [5, 5.41) is 4.43. The quantitative estimate of drug-likeness (QED) is 0.764. The second-order valence-corrected chi connectivity index (χ2v) is 4.62. The van der Waals surface area contributed by atoms with Gasteiger partial charge in [0.15, 0.2) is 0 Å². The number of nitrogens with two attached hydrogens (primary N) is 1. The van der Waals surface area contributed by atoms with Gasteiger partial charge in [-0.15, -0.1) is 0 Å². The summed E-state index contributed by atoms with van der Waals surface area (Å²) in [6.45, 7) is 1.34. The molecule has 0 spiro atoms. The van der Waals surface area contributed by atoms with Crippen molar-refractivity contribution in [2.75, 3.05) is 6.54 Å². The summed E-state index contributed by atoms with van der Waals surface area (Å²) in [6, 6.07) is 10.2. The lowest BCUT2D eigenvalue weighted by Crippen LogP contribution is -2.11. The molecule has 19 heavy (non-hydrogen) atoms. The minimum atomic E-state index is 0.603. The zero-order chi connectivity index (χ0) is 13.2. The number of para-hydroxylation sites is 2. The number of hydrogen-bond acceptors (Lipinski definition) is 3. The van der Waals surface area contributed by atoms with E-state index in [1.54, 1.807) is 0 Å². The fourth-order valence-electron chi connectivity index (χ4n) is 2.33. The van der Waals surface area contributed by atoms with Gasteiger partial charge >= 0.3 is 0 Å².